The highest BCUT2D eigenvalue weighted by Crippen LogP contribution is 2.28. The Morgan fingerprint density at radius 2 is 1.90 bits per heavy atom. The molecule has 1 atom stereocenters. The van der Waals surface area contributed by atoms with Crippen LogP contribution in [0.15, 0.2) is 18.2 Å². The Morgan fingerprint density at radius 3 is 2.57 bits per heavy atom. The molecule has 1 aromatic rings. The minimum atomic E-state index is -0.728. The van der Waals surface area contributed by atoms with E-state index in [0.717, 1.165) is 5.56 Å². The van der Waals surface area contributed by atoms with Crippen LogP contribution in [0.4, 0.5) is 0 Å². The van der Waals surface area contributed by atoms with Crippen LogP contribution in [0.2, 0.25) is 0 Å². The van der Waals surface area contributed by atoms with Gasteiger partial charge in [-0.15, -0.1) is 0 Å². The summed E-state index contributed by atoms with van der Waals surface area (Å²) in [6, 6.07) is 5.19. The van der Waals surface area contributed by atoms with Crippen LogP contribution in [-0.4, -0.2) is 56.5 Å². The van der Waals surface area contributed by atoms with Gasteiger partial charge < -0.3 is 29.2 Å². The SMILES string of the molecule is CCOc1cc(CO)ccc1OCC(O)COCCOC. The lowest BCUT2D eigenvalue weighted by Crippen LogP contribution is -2.24. The molecule has 6 nitrogen and oxygen atoms in total. The van der Waals surface area contributed by atoms with Crippen molar-refractivity contribution in [2.75, 3.05) is 40.1 Å². The van der Waals surface area contributed by atoms with E-state index in [1.165, 1.54) is 0 Å². The van der Waals surface area contributed by atoms with Crippen molar-refractivity contribution >= 4 is 0 Å². The second-order valence-corrected chi connectivity index (χ2v) is 4.40. The summed E-state index contributed by atoms with van der Waals surface area (Å²) in [7, 11) is 1.59. The van der Waals surface area contributed by atoms with Gasteiger partial charge in [0.15, 0.2) is 11.5 Å². The number of methoxy groups -OCH3 is 1. The quantitative estimate of drug-likeness (QED) is 0.593. The Kier molecular flexibility index (Phi) is 8.77. The van der Waals surface area contributed by atoms with E-state index in [4.69, 9.17) is 24.1 Å². The lowest BCUT2D eigenvalue weighted by molar-refractivity contribution is -0.00456. The number of ether oxygens (including phenoxy) is 4. The van der Waals surface area contributed by atoms with Crippen LogP contribution >= 0.6 is 0 Å². The minimum absolute atomic E-state index is 0.0592. The van der Waals surface area contributed by atoms with Gasteiger partial charge in [-0.3, -0.25) is 0 Å². The highest BCUT2D eigenvalue weighted by Gasteiger charge is 2.10. The zero-order chi connectivity index (χ0) is 15.5. The van der Waals surface area contributed by atoms with E-state index in [9.17, 15) is 5.11 Å². The molecule has 0 amide bonds. The van der Waals surface area contributed by atoms with E-state index >= 15 is 0 Å². The van der Waals surface area contributed by atoms with Gasteiger partial charge in [0.25, 0.3) is 0 Å². The molecule has 2 N–H and O–H groups in total. The van der Waals surface area contributed by atoms with Crippen molar-refractivity contribution in [3.05, 3.63) is 23.8 Å². The number of rotatable bonds is 11. The van der Waals surface area contributed by atoms with Gasteiger partial charge in [0, 0.05) is 7.11 Å². The highest BCUT2D eigenvalue weighted by atomic mass is 16.5. The maximum atomic E-state index is 9.76. The van der Waals surface area contributed by atoms with Crippen molar-refractivity contribution in [3.8, 4) is 11.5 Å². The largest absolute Gasteiger partial charge is 0.490 e. The Morgan fingerprint density at radius 1 is 1.10 bits per heavy atom. The smallest absolute Gasteiger partial charge is 0.161 e. The second-order valence-electron chi connectivity index (χ2n) is 4.40. The van der Waals surface area contributed by atoms with E-state index in [0.29, 0.717) is 31.3 Å². The van der Waals surface area contributed by atoms with Crippen LogP contribution in [0.5, 0.6) is 11.5 Å². The molecule has 1 aromatic carbocycles. The molecule has 0 bridgehead atoms. The zero-order valence-electron chi connectivity index (χ0n) is 12.6. The molecule has 0 saturated carbocycles. The van der Waals surface area contributed by atoms with Crippen LogP contribution in [-0.2, 0) is 16.1 Å². The first-order valence-electron chi connectivity index (χ1n) is 6.95. The van der Waals surface area contributed by atoms with Gasteiger partial charge in [-0.05, 0) is 24.6 Å². The van der Waals surface area contributed by atoms with E-state index < -0.39 is 6.10 Å². The Labute approximate surface area is 125 Å². The van der Waals surface area contributed by atoms with Crippen molar-refractivity contribution < 1.29 is 29.2 Å². The lowest BCUT2D eigenvalue weighted by atomic mass is 10.2. The summed E-state index contributed by atoms with van der Waals surface area (Å²) in [4.78, 5) is 0. The second kappa shape index (κ2) is 10.4. The van der Waals surface area contributed by atoms with Crippen molar-refractivity contribution in [2.45, 2.75) is 19.6 Å². The molecule has 0 aliphatic carbocycles. The fourth-order valence-electron chi connectivity index (χ4n) is 1.63. The summed E-state index contributed by atoms with van der Waals surface area (Å²) in [5, 5.41) is 18.9. The number of aliphatic hydroxyl groups excluding tert-OH is 2. The first-order chi connectivity index (χ1) is 10.2. The molecular formula is C15H24O6. The average Bonchev–Trinajstić information content (AvgIpc) is 2.50. The van der Waals surface area contributed by atoms with Gasteiger partial charge in [0.1, 0.15) is 12.7 Å². The molecular weight excluding hydrogens is 276 g/mol. The standard InChI is InChI=1S/C15H24O6/c1-3-20-15-8-12(9-16)4-5-14(15)21-11-13(17)10-19-7-6-18-2/h4-5,8,13,16-17H,3,6-7,9-11H2,1-2H3. The lowest BCUT2D eigenvalue weighted by Gasteiger charge is -2.16. The normalized spacial score (nSPS) is 12.2. The third kappa shape index (κ3) is 6.77. The van der Waals surface area contributed by atoms with E-state index in [2.05, 4.69) is 0 Å². The number of hydrogen-bond donors (Lipinski definition) is 2. The summed E-state index contributed by atoms with van der Waals surface area (Å²) < 4.78 is 21.1. The van der Waals surface area contributed by atoms with Crippen LogP contribution in [0.3, 0.4) is 0 Å². The van der Waals surface area contributed by atoms with Gasteiger partial charge in [0.2, 0.25) is 0 Å². The Hall–Kier alpha value is -1.34. The molecule has 0 saturated heterocycles. The molecule has 0 radical (unpaired) electrons. The molecule has 0 heterocycles. The molecule has 0 aromatic heterocycles. The average molecular weight is 300 g/mol. The number of benzene rings is 1. The van der Waals surface area contributed by atoms with E-state index in [1.807, 2.05) is 6.92 Å². The topological polar surface area (TPSA) is 77.4 Å². The minimum Gasteiger partial charge on any atom is -0.490 e. The first-order valence-corrected chi connectivity index (χ1v) is 6.95. The Balaban J connectivity index is 2.46. The first kappa shape index (κ1) is 17.7. The molecule has 1 unspecified atom stereocenters. The van der Waals surface area contributed by atoms with Crippen molar-refractivity contribution in [2.24, 2.45) is 0 Å². The summed E-state index contributed by atoms with van der Waals surface area (Å²) in [6.45, 7) is 3.51. The summed E-state index contributed by atoms with van der Waals surface area (Å²) in [5.41, 5.74) is 0.745. The maximum absolute atomic E-state index is 9.76. The summed E-state index contributed by atoms with van der Waals surface area (Å²) in [5.74, 6) is 1.08. The molecule has 0 aliphatic rings. The monoisotopic (exact) mass is 300 g/mol. The van der Waals surface area contributed by atoms with Crippen molar-refractivity contribution in [1.82, 2.24) is 0 Å². The van der Waals surface area contributed by atoms with Gasteiger partial charge in [-0.1, -0.05) is 6.07 Å². The molecule has 0 fully saturated rings. The van der Waals surface area contributed by atoms with Crippen LogP contribution in [0.1, 0.15) is 12.5 Å². The molecule has 0 spiro atoms. The van der Waals surface area contributed by atoms with Crippen LogP contribution < -0.4 is 9.47 Å². The summed E-state index contributed by atoms with van der Waals surface area (Å²) in [6.07, 6.45) is -0.728. The van der Waals surface area contributed by atoms with Crippen molar-refractivity contribution in [3.63, 3.8) is 0 Å². The molecule has 0 aliphatic heterocycles. The van der Waals surface area contributed by atoms with Crippen LogP contribution in [0, 0.1) is 0 Å². The number of aliphatic hydroxyl groups is 2. The third-order valence-corrected chi connectivity index (χ3v) is 2.66. The highest BCUT2D eigenvalue weighted by molar-refractivity contribution is 5.42. The van der Waals surface area contributed by atoms with Gasteiger partial charge >= 0.3 is 0 Å². The molecule has 21 heavy (non-hydrogen) atoms. The molecule has 120 valence electrons. The third-order valence-electron chi connectivity index (χ3n) is 2.66. The molecule has 6 heteroatoms. The van der Waals surface area contributed by atoms with Gasteiger partial charge in [-0.25, -0.2) is 0 Å². The molecule has 1 rings (SSSR count). The fraction of sp³-hybridized carbons (Fsp3) is 0.600. The number of hydrogen-bond acceptors (Lipinski definition) is 6. The van der Waals surface area contributed by atoms with Crippen molar-refractivity contribution in [1.29, 1.82) is 0 Å². The maximum Gasteiger partial charge on any atom is 0.161 e. The van der Waals surface area contributed by atoms with Gasteiger partial charge in [0.05, 0.1) is 33.0 Å². The van der Waals surface area contributed by atoms with E-state index in [1.54, 1.807) is 25.3 Å². The predicted molar refractivity (Wildman–Crippen MR) is 77.7 cm³/mol. The summed E-state index contributed by atoms with van der Waals surface area (Å²) >= 11 is 0. The van der Waals surface area contributed by atoms with Crippen LogP contribution in [0.25, 0.3) is 0 Å². The van der Waals surface area contributed by atoms with Gasteiger partial charge in [-0.2, -0.15) is 0 Å². The Bertz CT molecular complexity index is 396. The predicted octanol–water partition coefficient (Wildman–Crippen LogP) is 0.980. The zero-order valence-corrected chi connectivity index (χ0v) is 12.6. The fourth-order valence-corrected chi connectivity index (χ4v) is 1.63. The van der Waals surface area contributed by atoms with E-state index in [-0.39, 0.29) is 19.8 Å².